The van der Waals surface area contributed by atoms with Crippen molar-refractivity contribution in [3.8, 4) is 0 Å². The molecule has 1 aromatic heterocycles. The fourth-order valence-electron chi connectivity index (χ4n) is 2.21. The van der Waals surface area contributed by atoms with Crippen molar-refractivity contribution in [2.24, 2.45) is 0 Å². The van der Waals surface area contributed by atoms with Gasteiger partial charge in [-0.2, -0.15) is 0 Å². The normalized spacial score (nSPS) is 10.9. The minimum absolute atomic E-state index is 0.0330. The van der Waals surface area contributed by atoms with Crippen LogP contribution in [0.3, 0.4) is 0 Å². The monoisotopic (exact) mass is 216 g/mol. The van der Waals surface area contributed by atoms with E-state index in [0.717, 1.165) is 33.3 Å². The van der Waals surface area contributed by atoms with Crippen molar-refractivity contribution in [2.45, 2.75) is 27.2 Å². The molecular formula is C13H14NO2-. The molecule has 0 fully saturated rings. The number of fused-ring (bicyclic) bond motifs is 1. The molecule has 0 bridgehead atoms. The Morgan fingerprint density at radius 3 is 2.62 bits per heavy atom. The van der Waals surface area contributed by atoms with Crippen LogP contribution in [0.5, 0.6) is 0 Å². The van der Waals surface area contributed by atoms with Gasteiger partial charge >= 0.3 is 0 Å². The third kappa shape index (κ3) is 1.69. The standard InChI is InChI=1S/C13H15NO2/c1-7-4-8(2)13-11(5-7)10(6-12(15)16)9(3)14-13/h4-5,14H,6H2,1-3H3,(H,15,16)/p-1. The highest BCUT2D eigenvalue weighted by atomic mass is 16.4. The number of hydrogen-bond donors (Lipinski definition) is 1. The highest BCUT2D eigenvalue weighted by molar-refractivity contribution is 5.90. The van der Waals surface area contributed by atoms with Crippen molar-refractivity contribution >= 4 is 16.9 Å². The molecule has 16 heavy (non-hydrogen) atoms. The SMILES string of the molecule is Cc1cc(C)c2[nH]c(C)c(CC(=O)[O-])c2c1. The van der Waals surface area contributed by atoms with Gasteiger partial charge in [0, 0.05) is 29.0 Å². The first kappa shape index (κ1) is 10.7. The summed E-state index contributed by atoms with van der Waals surface area (Å²) in [4.78, 5) is 13.9. The number of hydrogen-bond acceptors (Lipinski definition) is 2. The quantitative estimate of drug-likeness (QED) is 0.824. The van der Waals surface area contributed by atoms with Gasteiger partial charge in [-0.25, -0.2) is 0 Å². The molecule has 0 radical (unpaired) electrons. The predicted octanol–water partition coefficient (Wildman–Crippen LogP) is 1.39. The molecule has 0 aliphatic heterocycles. The summed E-state index contributed by atoms with van der Waals surface area (Å²) in [5.74, 6) is -1.04. The molecule has 1 aromatic carbocycles. The van der Waals surface area contributed by atoms with Gasteiger partial charge in [0.05, 0.1) is 0 Å². The van der Waals surface area contributed by atoms with E-state index >= 15 is 0 Å². The zero-order valence-electron chi connectivity index (χ0n) is 9.68. The van der Waals surface area contributed by atoms with E-state index in [4.69, 9.17) is 0 Å². The Balaban J connectivity index is 2.73. The lowest BCUT2D eigenvalue weighted by atomic mass is 10.0. The number of benzene rings is 1. The fourth-order valence-corrected chi connectivity index (χ4v) is 2.21. The summed E-state index contributed by atoms with van der Waals surface area (Å²) in [6, 6.07) is 4.10. The van der Waals surface area contributed by atoms with E-state index < -0.39 is 5.97 Å². The first-order valence-corrected chi connectivity index (χ1v) is 5.27. The van der Waals surface area contributed by atoms with Gasteiger partial charge in [-0.1, -0.05) is 11.6 Å². The summed E-state index contributed by atoms with van der Waals surface area (Å²) in [5.41, 5.74) is 5.06. The van der Waals surface area contributed by atoms with Crippen molar-refractivity contribution < 1.29 is 9.90 Å². The first-order chi connectivity index (χ1) is 7.49. The number of H-pyrrole nitrogens is 1. The van der Waals surface area contributed by atoms with E-state index in [2.05, 4.69) is 11.1 Å². The molecule has 3 nitrogen and oxygen atoms in total. The summed E-state index contributed by atoms with van der Waals surface area (Å²) in [7, 11) is 0. The third-order valence-electron chi connectivity index (χ3n) is 2.89. The van der Waals surface area contributed by atoms with Crippen molar-refractivity contribution in [3.05, 3.63) is 34.5 Å². The summed E-state index contributed by atoms with van der Waals surface area (Å²) in [5, 5.41) is 11.7. The lowest BCUT2D eigenvalue weighted by molar-refractivity contribution is -0.304. The second-order valence-electron chi connectivity index (χ2n) is 4.28. The zero-order valence-corrected chi connectivity index (χ0v) is 9.68. The van der Waals surface area contributed by atoms with Crippen LogP contribution in [0.1, 0.15) is 22.4 Å². The smallest absolute Gasteiger partial charge is 0.0488 e. The molecule has 0 spiro atoms. The van der Waals surface area contributed by atoms with E-state index in [1.165, 1.54) is 0 Å². The Hall–Kier alpha value is -1.77. The Morgan fingerprint density at radius 1 is 1.31 bits per heavy atom. The van der Waals surface area contributed by atoms with Crippen molar-refractivity contribution in [1.82, 2.24) is 4.98 Å². The molecule has 3 heteroatoms. The van der Waals surface area contributed by atoms with E-state index in [9.17, 15) is 9.90 Å². The van der Waals surface area contributed by atoms with Crippen LogP contribution in [0.25, 0.3) is 10.9 Å². The molecule has 0 aliphatic carbocycles. The third-order valence-corrected chi connectivity index (χ3v) is 2.89. The lowest BCUT2D eigenvalue weighted by Crippen LogP contribution is -2.24. The Morgan fingerprint density at radius 2 is 2.00 bits per heavy atom. The highest BCUT2D eigenvalue weighted by Crippen LogP contribution is 2.26. The van der Waals surface area contributed by atoms with E-state index in [-0.39, 0.29) is 6.42 Å². The van der Waals surface area contributed by atoms with E-state index in [0.29, 0.717) is 0 Å². The highest BCUT2D eigenvalue weighted by Gasteiger charge is 2.10. The Labute approximate surface area is 94.1 Å². The number of aliphatic carboxylic acids is 1. The number of carboxylic acid groups (broad SMARTS) is 1. The van der Waals surface area contributed by atoms with Gasteiger partial charge < -0.3 is 14.9 Å². The van der Waals surface area contributed by atoms with Gasteiger partial charge in [0.25, 0.3) is 0 Å². The number of carbonyl (C=O) groups excluding carboxylic acids is 1. The minimum atomic E-state index is -1.04. The van der Waals surface area contributed by atoms with Crippen LogP contribution in [0.2, 0.25) is 0 Å². The van der Waals surface area contributed by atoms with E-state index in [1.54, 1.807) is 0 Å². The van der Waals surface area contributed by atoms with Crippen LogP contribution >= 0.6 is 0 Å². The molecule has 0 saturated heterocycles. The van der Waals surface area contributed by atoms with Crippen molar-refractivity contribution in [2.75, 3.05) is 0 Å². The van der Waals surface area contributed by atoms with Crippen LogP contribution in [-0.2, 0) is 11.2 Å². The van der Waals surface area contributed by atoms with Crippen LogP contribution in [-0.4, -0.2) is 11.0 Å². The molecule has 84 valence electrons. The summed E-state index contributed by atoms with van der Waals surface area (Å²) in [6.07, 6.45) is -0.0330. The molecule has 1 heterocycles. The number of carboxylic acids is 1. The summed E-state index contributed by atoms with van der Waals surface area (Å²) < 4.78 is 0. The number of aromatic amines is 1. The van der Waals surface area contributed by atoms with Crippen LogP contribution in [0.15, 0.2) is 12.1 Å². The average molecular weight is 216 g/mol. The predicted molar refractivity (Wildman–Crippen MR) is 61.2 cm³/mol. The van der Waals surface area contributed by atoms with Crippen LogP contribution in [0, 0.1) is 20.8 Å². The van der Waals surface area contributed by atoms with E-state index in [1.807, 2.05) is 26.8 Å². The van der Waals surface area contributed by atoms with Gasteiger partial charge in [-0.3, -0.25) is 0 Å². The molecule has 0 saturated carbocycles. The van der Waals surface area contributed by atoms with Gasteiger partial charge in [-0.15, -0.1) is 0 Å². The summed E-state index contributed by atoms with van der Waals surface area (Å²) in [6.45, 7) is 5.93. The maximum absolute atomic E-state index is 10.7. The number of aromatic nitrogens is 1. The molecule has 0 amide bonds. The zero-order chi connectivity index (χ0) is 11.9. The second-order valence-corrected chi connectivity index (χ2v) is 4.28. The van der Waals surface area contributed by atoms with Crippen molar-refractivity contribution in [3.63, 3.8) is 0 Å². The average Bonchev–Trinajstić information content (AvgIpc) is 2.45. The number of nitrogens with one attached hydrogen (secondary N) is 1. The second kappa shape index (κ2) is 3.67. The maximum Gasteiger partial charge on any atom is 0.0488 e. The van der Waals surface area contributed by atoms with Gasteiger partial charge in [0.1, 0.15) is 0 Å². The van der Waals surface area contributed by atoms with Crippen molar-refractivity contribution in [1.29, 1.82) is 0 Å². The Bertz CT molecular complexity index is 567. The number of aryl methyl sites for hydroxylation is 3. The molecule has 0 atom stereocenters. The lowest BCUT2D eigenvalue weighted by Gasteiger charge is -2.04. The minimum Gasteiger partial charge on any atom is -0.550 e. The largest absolute Gasteiger partial charge is 0.550 e. The molecule has 2 rings (SSSR count). The topological polar surface area (TPSA) is 55.9 Å². The molecule has 0 aliphatic rings. The molecule has 2 aromatic rings. The van der Waals surface area contributed by atoms with Crippen LogP contribution < -0.4 is 5.11 Å². The number of rotatable bonds is 2. The fraction of sp³-hybridized carbons (Fsp3) is 0.308. The van der Waals surface area contributed by atoms with Gasteiger partial charge in [0.2, 0.25) is 0 Å². The maximum atomic E-state index is 10.7. The molecule has 0 unspecified atom stereocenters. The number of carbonyl (C=O) groups is 1. The molecular weight excluding hydrogens is 202 g/mol. The first-order valence-electron chi connectivity index (χ1n) is 5.27. The summed E-state index contributed by atoms with van der Waals surface area (Å²) >= 11 is 0. The molecule has 1 N–H and O–H groups in total. The van der Waals surface area contributed by atoms with Crippen LogP contribution in [0.4, 0.5) is 0 Å². The van der Waals surface area contributed by atoms with Gasteiger partial charge in [0.15, 0.2) is 0 Å². The van der Waals surface area contributed by atoms with Gasteiger partial charge in [-0.05, 0) is 38.0 Å². The Kier molecular flexibility index (Phi) is 2.46.